The van der Waals surface area contributed by atoms with Crippen LogP contribution in [0.3, 0.4) is 0 Å². The first-order valence-corrected chi connectivity index (χ1v) is 7.76. The summed E-state index contributed by atoms with van der Waals surface area (Å²) >= 11 is 0. The van der Waals surface area contributed by atoms with Gasteiger partial charge in [0.25, 0.3) is 0 Å². The highest BCUT2D eigenvalue weighted by atomic mass is 16.5. The number of carboxylic acid groups (broad SMARTS) is 1. The van der Waals surface area contributed by atoms with Gasteiger partial charge in [-0.15, -0.1) is 0 Å². The van der Waals surface area contributed by atoms with Gasteiger partial charge < -0.3 is 14.6 Å². The molecule has 118 valence electrons. The SMILES string of the molecule is COc1ccc(OC)c(C2C3C=CC(C3)C2CCC(=O)O)c1. The molecule has 1 N–H and O–H groups in total. The largest absolute Gasteiger partial charge is 0.497 e. The highest BCUT2D eigenvalue weighted by molar-refractivity contribution is 5.66. The Morgan fingerprint density at radius 3 is 2.68 bits per heavy atom. The fourth-order valence-corrected chi connectivity index (χ4v) is 4.17. The van der Waals surface area contributed by atoms with E-state index in [1.165, 1.54) is 0 Å². The van der Waals surface area contributed by atoms with Crippen molar-refractivity contribution >= 4 is 5.97 Å². The molecule has 4 atom stereocenters. The van der Waals surface area contributed by atoms with E-state index in [2.05, 4.69) is 12.2 Å². The summed E-state index contributed by atoms with van der Waals surface area (Å²) in [6.45, 7) is 0. The van der Waals surface area contributed by atoms with Crippen molar-refractivity contribution in [3.63, 3.8) is 0 Å². The Morgan fingerprint density at radius 2 is 2.00 bits per heavy atom. The third kappa shape index (κ3) is 2.58. The average molecular weight is 302 g/mol. The monoisotopic (exact) mass is 302 g/mol. The molecule has 1 aromatic carbocycles. The van der Waals surface area contributed by atoms with Crippen molar-refractivity contribution in [1.29, 1.82) is 0 Å². The van der Waals surface area contributed by atoms with Gasteiger partial charge in [-0.25, -0.2) is 0 Å². The zero-order valence-corrected chi connectivity index (χ0v) is 13.0. The van der Waals surface area contributed by atoms with Gasteiger partial charge in [0, 0.05) is 12.0 Å². The van der Waals surface area contributed by atoms with Crippen LogP contribution in [-0.4, -0.2) is 25.3 Å². The Hall–Kier alpha value is -1.97. The van der Waals surface area contributed by atoms with E-state index in [4.69, 9.17) is 14.6 Å². The van der Waals surface area contributed by atoms with Crippen molar-refractivity contribution in [1.82, 2.24) is 0 Å². The lowest BCUT2D eigenvalue weighted by molar-refractivity contribution is -0.137. The molecular formula is C18H22O4. The fourth-order valence-electron chi connectivity index (χ4n) is 4.17. The smallest absolute Gasteiger partial charge is 0.303 e. The van der Waals surface area contributed by atoms with Crippen LogP contribution in [-0.2, 0) is 4.79 Å². The van der Waals surface area contributed by atoms with E-state index in [-0.39, 0.29) is 6.42 Å². The van der Waals surface area contributed by atoms with E-state index < -0.39 is 5.97 Å². The van der Waals surface area contributed by atoms with E-state index in [0.717, 1.165) is 23.5 Å². The molecule has 2 aliphatic rings. The summed E-state index contributed by atoms with van der Waals surface area (Å²) in [5, 5.41) is 9.02. The molecule has 1 aromatic rings. The molecule has 3 rings (SSSR count). The number of carbonyl (C=O) groups is 1. The summed E-state index contributed by atoms with van der Waals surface area (Å²) in [6, 6.07) is 5.89. The number of hydrogen-bond acceptors (Lipinski definition) is 3. The molecular weight excluding hydrogens is 280 g/mol. The van der Waals surface area contributed by atoms with Gasteiger partial charge in [0.1, 0.15) is 11.5 Å². The Morgan fingerprint density at radius 1 is 1.23 bits per heavy atom. The van der Waals surface area contributed by atoms with Gasteiger partial charge in [0.05, 0.1) is 14.2 Å². The number of methoxy groups -OCH3 is 2. The molecule has 2 bridgehead atoms. The molecule has 22 heavy (non-hydrogen) atoms. The van der Waals surface area contributed by atoms with Crippen molar-refractivity contribution in [2.45, 2.75) is 25.2 Å². The predicted octanol–water partition coefficient (Wildman–Crippen LogP) is 3.47. The van der Waals surface area contributed by atoms with Crippen molar-refractivity contribution < 1.29 is 19.4 Å². The molecule has 0 amide bonds. The van der Waals surface area contributed by atoms with Gasteiger partial charge in [0.2, 0.25) is 0 Å². The van der Waals surface area contributed by atoms with Crippen LogP contribution in [0.15, 0.2) is 30.4 Å². The van der Waals surface area contributed by atoms with Gasteiger partial charge in [-0.2, -0.15) is 0 Å². The first kappa shape index (κ1) is 14.9. The molecule has 1 fully saturated rings. The average Bonchev–Trinajstić information content (AvgIpc) is 3.13. The first-order valence-electron chi connectivity index (χ1n) is 7.76. The number of rotatable bonds is 6. The lowest BCUT2D eigenvalue weighted by Crippen LogP contribution is -2.19. The Labute approximate surface area is 130 Å². The van der Waals surface area contributed by atoms with Gasteiger partial charge in [-0.1, -0.05) is 12.2 Å². The third-order valence-electron chi connectivity index (χ3n) is 5.11. The highest BCUT2D eigenvalue weighted by Crippen LogP contribution is 2.56. The molecule has 0 spiro atoms. The van der Waals surface area contributed by atoms with Crippen LogP contribution < -0.4 is 9.47 Å². The number of benzene rings is 1. The Bertz CT molecular complexity index is 593. The molecule has 0 saturated heterocycles. The van der Waals surface area contributed by atoms with Crippen LogP contribution in [0.25, 0.3) is 0 Å². The van der Waals surface area contributed by atoms with E-state index in [1.807, 2.05) is 18.2 Å². The number of ether oxygens (including phenoxy) is 2. The standard InChI is InChI=1S/C18H22O4/c1-21-13-5-7-16(22-2)15(10-13)18-12-4-3-11(9-12)14(18)6-8-17(19)20/h3-5,7,10-12,14,18H,6,8-9H2,1-2H3,(H,19,20). The molecule has 1 saturated carbocycles. The second-order valence-electron chi connectivity index (χ2n) is 6.18. The van der Waals surface area contributed by atoms with Crippen LogP contribution in [0.5, 0.6) is 11.5 Å². The van der Waals surface area contributed by atoms with Gasteiger partial charge in [-0.05, 0) is 54.7 Å². The summed E-state index contributed by atoms with van der Waals surface area (Å²) < 4.78 is 10.9. The van der Waals surface area contributed by atoms with Crippen molar-refractivity contribution in [2.75, 3.05) is 14.2 Å². The number of carboxylic acids is 1. The molecule has 4 heteroatoms. The van der Waals surface area contributed by atoms with E-state index >= 15 is 0 Å². The number of hydrogen-bond donors (Lipinski definition) is 1. The Balaban J connectivity index is 1.94. The number of aliphatic carboxylic acids is 1. The minimum Gasteiger partial charge on any atom is -0.497 e. The summed E-state index contributed by atoms with van der Waals surface area (Å²) in [4.78, 5) is 11.0. The topological polar surface area (TPSA) is 55.8 Å². The third-order valence-corrected chi connectivity index (χ3v) is 5.11. The lowest BCUT2D eigenvalue weighted by atomic mass is 9.76. The molecule has 0 heterocycles. The highest BCUT2D eigenvalue weighted by Gasteiger charge is 2.45. The maximum absolute atomic E-state index is 11.0. The molecule has 4 unspecified atom stereocenters. The summed E-state index contributed by atoms with van der Waals surface area (Å²) in [7, 11) is 3.34. The fraction of sp³-hybridized carbons (Fsp3) is 0.500. The quantitative estimate of drug-likeness (QED) is 0.817. The number of fused-ring (bicyclic) bond motifs is 2. The van der Waals surface area contributed by atoms with E-state index in [1.54, 1.807) is 14.2 Å². The number of allylic oxidation sites excluding steroid dienone is 2. The molecule has 0 aromatic heterocycles. The zero-order chi connectivity index (χ0) is 15.7. The van der Waals surface area contributed by atoms with Crippen LogP contribution in [0, 0.1) is 17.8 Å². The van der Waals surface area contributed by atoms with Crippen molar-refractivity contribution in [3.05, 3.63) is 35.9 Å². The van der Waals surface area contributed by atoms with Crippen molar-refractivity contribution in [2.24, 2.45) is 17.8 Å². The summed E-state index contributed by atoms with van der Waals surface area (Å²) in [6.07, 6.45) is 6.61. The predicted molar refractivity (Wildman–Crippen MR) is 83.4 cm³/mol. The van der Waals surface area contributed by atoms with E-state index in [9.17, 15) is 4.79 Å². The Kier molecular flexibility index (Phi) is 4.10. The van der Waals surface area contributed by atoms with Gasteiger partial charge in [-0.3, -0.25) is 4.79 Å². The minimum atomic E-state index is -0.719. The zero-order valence-electron chi connectivity index (χ0n) is 13.0. The maximum atomic E-state index is 11.0. The lowest BCUT2D eigenvalue weighted by Gasteiger charge is -2.29. The van der Waals surface area contributed by atoms with Gasteiger partial charge in [0.15, 0.2) is 0 Å². The van der Waals surface area contributed by atoms with Crippen molar-refractivity contribution in [3.8, 4) is 11.5 Å². The van der Waals surface area contributed by atoms with E-state index in [0.29, 0.717) is 30.1 Å². The second kappa shape index (κ2) is 6.03. The van der Waals surface area contributed by atoms with Crippen LogP contribution in [0.4, 0.5) is 0 Å². The van der Waals surface area contributed by atoms with Gasteiger partial charge >= 0.3 is 5.97 Å². The van der Waals surface area contributed by atoms with Crippen LogP contribution in [0.2, 0.25) is 0 Å². The summed E-state index contributed by atoms with van der Waals surface area (Å²) in [5.41, 5.74) is 1.15. The second-order valence-corrected chi connectivity index (χ2v) is 6.18. The molecule has 0 aliphatic heterocycles. The molecule has 4 nitrogen and oxygen atoms in total. The normalized spacial score (nSPS) is 28.8. The van der Waals surface area contributed by atoms with Crippen LogP contribution >= 0.6 is 0 Å². The molecule has 0 radical (unpaired) electrons. The summed E-state index contributed by atoms with van der Waals surface area (Å²) in [5.74, 6) is 2.62. The molecule has 2 aliphatic carbocycles. The minimum absolute atomic E-state index is 0.227. The first-order chi connectivity index (χ1) is 10.6. The maximum Gasteiger partial charge on any atom is 0.303 e. The van der Waals surface area contributed by atoms with Crippen LogP contribution in [0.1, 0.15) is 30.7 Å².